The summed E-state index contributed by atoms with van der Waals surface area (Å²) in [6.45, 7) is 1.75. The van der Waals surface area contributed by atoms with Gasteiger partial charge in [-0.15, -0.1) is 0 Å². The second-order valence-electron chi connectivity index (χ2n) is 3.95. The van der Waals surface area contributed by atoms with Gasteiger partial charge in [0.25, 0.3) is 0 Å². The number of anilines is 1. The molecule has 1 aromatic rings. The number of piperazine rings is 1. The van der Waals surface area contributed by atoms with E-state index in [0.717, 1.165) is 6.54 Å². The molecule has 1 aliphatic rings. The van der Waals surface area contributed by atoms with Crippen LogP contribution in [0.15, 0.2) is 12.1 Å². The van der Waals surface area contributed by atoms with Crippen LogP contribution in [0, 0.1) is 17.5 Å². The quantitative estimate of drug-likeness (QED) is 0.682. The maximum Gasteiger partial charge on any atom is 0.242 e. The molecule has 1 atom stereocenters. The molecule has 0 spiro atoms. The highest BCUT2D eigenvalue weighted by Crippen LogP contribution is 2.18. The van der Waals surface area contributed by atoms with Crippen molar-refractivity contribution < 1.29 is 18.0 Å². The zero-order valence-electron chi connectivity index (χ0n) is 9.40. The SMILES string of the molecule is O=C(Nc1cc(F)c(F)cc1F)C1CNCCN1. The number of nitrogens with one attached hydrogen (secondary N) is 3. The van der Waals surface area contributed by atoms with Crippen molar-refractivity contribution in [2.75, 3.05) is 25.0 Å². The Balaban J connectivity index is 2.08. The molecule has 98 valence electrons. The molecule has 1 saturated heterocycles. The molecule has 0 saturated carbocycles. The van der Waals surface area contributed by atoms with Crippen molar-refractivity contribution in [1.29, 1.82) is 0 Å². The molecule has 4 nitrogen and oxygen atoms in total. The van der Waals surface area contributed by atoms with E-state index >= 15 is 0 Å². The van der Waals surface area contributed by atoms with Gasteiger partial charge in [-0.3, -0.25) is 4.79 Å². The Labute approximate surface area is 102 Å². The van der Waals surface area contributed by atoms with Crippen molar-refractivity contribution in [2.24, 2.45) is 0 Å². The summed E-state index contributed by atoms with van der Waals surface area (Å²) < 4.78 is 38.9. The van der Waals surface area contributed by atoms with Crippen LogP contribution in [0.2, 0.25) is 0 Å². The van der Waals surface area contributed by atoms with E-state index in [1.807, 2.05) is 0 Å². The minimum Gasteiger partial charge on any atom is -0.322 e. The van der Waals surface area contributed by atoms with Gasteiger partial charge in [0, 0.05) is 31.8 Å². The molecule has 1 unspecified atom stereocenters. The highest BCUT2D eigenvalue weighted by Gasteiger charge is 2.21. The van der Waals surface area contributed by atoms with Crippen LogP contribution in [-0.2, 0) is 4.79 Å². The Bertz CT molecular complexity index is 461. The number of benzene rings is 1. The zero-order chi connectivity index (χ0) is 13.1. The monoisotopic (exact) mass is 259 g/mol. The summed E-state index contributed by atoms with van der Waals surface area (Å²) >= 11 is 0. The minimum atomic E-state index is -1.29. The van der Waals surface area contributed by atoms with Gasteiger partial charge >= 0.3 is 0 Å². The standard InChI is InChI=1S/C11H12F3N3O/c12-6-3-8(14)9(4-7(6)13)17-11(18)10-5-15-1-2-16-10/h3-4,10,15-16H,1-2,5H2,(H,17,18). The van der Waals surface area contributed by atoms with E-state index in [9.17, 15) is 18.0 Å². The van der Waals surface area contributed by atoms with Crippen LogP contribution in [0.25, 0.3) is 0 Å². The summed E-state index contributed by atoms with van der Waals surface area (Å²) in [5.74, 6) is -4.00. The maximum atomic E-state index is 13.3. The first-order valence-corrected chi connectivity index (χ1v) is 5.47. The summed E-state index contributed by atoms with van der Waals surface area (Å²) in [7, 11) is 0. The number of amides is 1. The molecule has 3 N–H and O–H groups in total. The summed E-state index contributed by atoms with van der Waals surface area (Å²) in [6.07, 6.45) is 0. The van der Waals surface area contributed by atoms with Crippen molar-refractivity contribution >= 4 is 11.6 Å². The fourth-order valence-corrected chi connectivity index (χ4v) is 1.68. The summed E-state index contributed by atoms with van der Waals surface area (Å²) in [6, 6.07) is 0.502. The van der Waals surface area contributed by atoms with Crippen LogP contribution in [-0.4, -0.2) is 31.6 Å². The van der Waals surface area contributed by atoms with Crippen LogP contribution < -0.4 is 16.0 Å². The van der Waals surface area contributed by atoms with Crippen LogP contribution in [0.3, 0.4) is 0 Å². The predicted molar refractivity (Wildman–Crippen MR) is 59.6 cm³/mol. The summed E-state index contributed by atoms with van der Waals surface area (Å²) in [4.78, 5) is 11.7. The number of hydrogen-bond donors (Lipinski definition) is 3. The Kier molecular flexibility index (Phi) is 3.83. The molecule has 1 fully saturated rings. The average molecular weight is 259 g/mol. The van der Waals surface area contributed by atoms with Crippen LogP contribution >= 0.6 is 0 Å². The number of carbonyl (C=O) groups excluding carboxylic acids is 1. The Hall–Kier alpha value is -1.60. The smallest absolute Gasteiger partial charge is 0.242 e. The van der Waals surface area contributed by atoms with Gasteiger partial charge in [-0.1, -0.05) is 0 Å². The number of hydrogen-bond acceptors (Lipinski definition) is 3. The van der Waals surface area contributed by atoms with E-state index < -0.39 is 29.4 Å². The van der Waals surface area contributed by atoms with Crippen molar-refractivity contribution in [3.05, 3.63) is 29.6 Å². The van der Waals surface area contributed by atoms with Gasteiger partial charge in [0.05, 0.1) is 11.7 Å². The molecule has 1 aliphatic heterocycles. The fourth-order valence-electron chi connectivity index (χ4n) is 1.68. The average Bonchev–Trinajstić information content (AvgIpc) is 2.37. The summed E-state index contributed by atoms with van der Waals surface area (Å²) in [5.41, 5.74) is -0.369. The van der Waals surface area contributed by atoms with Gasteiger partial charge < -0.3 is 16.0 Å². The molecule has 0 bridgehead atoms. The first-order chi connectivity index (χ1) is 8.58. The number of rotatable bonds is 2. The van der Waals surface area contributed by atoms with Crippen LogP contribution in [0.4, 0.5) is 18.9 Å². The van der Waals surface area contributed by atoms with Gasteiger partial charge in [-0.2, -0.15) is 0 Å². The first kappa shape index (κ1) is 12.8. The molecule has 1 heterocycles. The van der Waals surface area contributed by atoms with Crippen molar-refractivity contribution in [1.82, 2.24) is 10.6 Å². The topological polar surface area (TPSA) is 53.2 Å². The highest BCUT2D eigenvalue weighted by molar-refractivity contribution is 5.95. The second kappa shape index (κ2) is 5.36. The number of halogens is 3. The largest absolute Gasteiger partial charge is 0.322 e. The normalized spacial score (nSPS) is 19.6. The molecule has 0 radical (unpaired) electrons. The molecular formula is C11H12F3N3O. The third-order valence-corrected chi connectivity index (χ3v) is 2.63. The lowest BCUT2D eigenvalue weighted by atomic mass is 10.2. The predicted octanol–water partition coefficient (Wildman–Crippen LogP) is 0.604. The third-order valence-electron chi connectivity index (χ3n) is 2.63. The third kappa shape index (κ3) is 2.80. The lowest BCUT2D eigenvalue weighted by Crippen LogP contribution is -2.54. The highest BCUT2D eigenvalue weighted by atomic mass is 19.2. The lowest BCUT2D eigenvalue weighted by molar-refractivity contribution is -0.118. The summed E-state index contributed by atoms with van der Waals surface area (Å²) in [5, 5.41) is 8.13. The van der Waals surface area contributed by atoms with Crippen LogP contribution in [0.1, 0.15) is 0 Å². The van der Waals surface area contributed by atoms with Gasteiger partial charge in [-0.25, -0.2) is 13.2 Å². The molecule has 2 rings (SSSR count). The lowest BCUT2D eigenvalue weighted by Gasteiger charge is -2.23. The number of carbonyl (C=O) groups is 1. The molecule has 0 aromatic heterocycles. The molecule has 1 amide bonds. The van der Waals surface area contributed by atoms with Gasteiger partial charge in [0.15, 0.2) is 11.6 Å². The Morgan fingerprint density at radius 2 is 1.89 bits per heavy atom. The van der Waals surface area contributed by atoms with E-state index in [1.165, 1.54) is 0 Å². The fraction of sp³-hybridized carbons (Fsp3) is 0.364. The van der Waals surface area contributed by atoms with Crippen LogP contribution in [0.5, 0.6) is 0 Å². The van der Waals surface area contributed by atoms with E-state index in [1.54, 1.807) is 0 Å². The van der Waals surface area contributed by atoms with Crippen molar-refractivity contribution in [3.8, 4) is 0 Å². The van der Waals surface area contributed by atoms with Crippen molar-refractivity contribution in [3.63, 3.8) is 0 Å². The molecule has 7 heteroatoms. The first-order valence-electron chi connectivity index (χ1n) is 5.47. The Morgan fingerprint density at radius 1 is 1.17 bits per heavy atom. The van der Waals surface area contributed by atoms with E-state index in [0.29, 0.717) is 25.2 Å². The molecule has 18 heavy (non-hydrogen) atoms. The molecular weight excluding hydrogens is 247 g/mol. The molecule has 1 aromatic carbocycles. The van der Waals surface area contributed by atoms with E-state index in [4.69, 9.17) is 0 Å². The maximum absolute atomic E-state index is 13.3. The van der Waals surface area contributed by atoms with Crippen molar-refractivity contribution in [2.45, 2.75) is 6.04 Å². The van der Waals surface area contributed by atoms with Gasteiger partial charge in [-0.05, 0) is 0 Å². The molecule has 0 aliphatic carbocycles. The zero-order valence-corrected chi connectivity index (χ0v) is 9.40. The van der Waals surface area contributed by atoms with E-state index in [2.05, 4.69) is 16.0 Å². The second-order valence-corrected chi connectivity index (χ2v) is 3.95. The van der Waals surface area contributed by atoms with E-state index in [-0.39, 0.29) is 5.69 Å². The van der Waals surface area contributed by atoms with Gasteiger partial charge in [0.2, 0.25) is 5.91 Å². The van der Waals surface area contributed by atoms with Gasteiger partial charge in [0.1, 0.15) is 5.82 Å². The Morgan fingerprint density at radius 3 is 2.56 bits per heavy atom. The minimum absolute atomic E-state index is 0.369.